The fourth-order valence-electron chi connectivity index (χ4n) is 1.47. The first-order valence-corrected chi connectivity index (χ1v) is 5.81. The van der Waals surface area contributed by atoms with Gasteiger partial charge in [-0.1, -0.05) is 26.0 Å². The zero-order chi connectivity index (χ0) is 11.5. The Bertz CT molecular complexity index is 331. The summed E-state index contributed by atoms with van der Waals surface area (Å²) >= 11 is 1.24. The number of halogens is 3. The first kappa shape index (κ1) is 12.4. The van der Waals surface area contributed by atoms with Crippen molar-refractivity contribution in [2.75, 3.05) is 5.75 Å². The highest BCUT2D eigenvalue weighted by Crippen LogP contribution is 2.39. The van der Waals surface area contributed by atoms with Crippen LogP contribution in [0, 0.1) is 0 Å². The molecule has 1 aromatic carbocycles. The molecule has 1 aromatic rings. The second-order valence-electron chi connectivity index (χ2n) is 3.07. The number of thioether (sulfide) groups is 1. The van der Waals surface area contributed by atoms with E-state index >= 15 is 0 Å². The van der Waals surface area contributed by atoms with Crippen LogP contribution < -0.4 is 0 Å². The number of benzene rings is 1. The van der Waals surface area contributed by atoms with Crippen LogP contribution in [0.5, 0.6) is 0 Å². The summed E-state index contributed by atoms with van der Waals surface area (Å²) in [6.45, 7) is 3.59. The molecule has 15 heavy (non-hydrogen) atoms. The van der Waals surface area contributed by atoms with Crippen LogP contribution in [-0.4, -0.2) is 5.75 Å². The number of aryl methyl sites for hydroxylation is 1. The van der Waals surface area contributed by atoms with E-state index in [1.54, 1.807) is 19.1 Å². The third kappa shape index (κ3) is 2.91. The molecule has 0 fully saturated rings. The maximum atomic E-state index is 12.8. The summed E-state index contributed by atoms with van der Waals surface area (Å²) in [4.78, 5) is 0.337. The molecule has 4 heteroatoms. The van der Waals surface area contributed by atoms with Crippen LogP contribution in [0.2, 0.25) is 0 Å². The number of rotatable bonds is 3. The normalized spacial score (nSPS) is 11.8. The minimum atomic E-state index is -4.25. The Morgan fingerprint density at radius 2 is 1.87 bits per heavy atom. The van der Waals surface area contributed by atoms with Crippen molar-refractivity contribution in [1.82, 2.24) is 0 Å². The summed E-state index contributed by atoms with van der Waals surface area (Å²) < 4.78 is 38.4. The third-order valence-electron chi connectivity index (χ3n) is 2.08. The SMILES string of the molecule is CCSc1cccc(CC)c1C(F)(F)F. The van der Waals surface area contributed by atoms with Crippen LogP contribution in [0.25, 0.3) is 0 Å². The number of hydrogen-bond donors (Lipinski definition) is 0. The van der Waals surface area contributed by atoms with E-state index in [4.69, 9.17) is 0 Å². The van der Waals surface area contributed by atoms with Gasteiger partial charge >= 0.3 is 6.18 Å². The minimum Gasteiger partial charge on any atom is -0.166 e. The maximum Gasteiger partial charge on any atom is 0.417 e. The van der Waals surface area contributed by atoms with Crippen molar-refractivity contribution in [3.05, 3.63) is 29.3 Å². The fraction of sp³-hybridized carbons (Fsp3) is 0.455. The van der Waals surface area contributed by atoms with E-state index in [-0.39, 0.29) is 0 Å². The lowest BCUT2D eigenvalue weighted by Crippen LogP contribution is -2.10. The van der Waals surface area contributed by atoms with Crippen LogP contribution in [-0.2, 0) is 12.6 Å². The topological polar surface area (TPSA) is 0 Å². The zero-order valence-corrected chi connectivity index (χ0v) is 9.50. The third-order valence-corrected chi connectivity index (χ3v) is 3.02. The van der Waals surface area contributed by atoms with Crippen LogP contribution in [0.15, 0.2) is 23.1 Å². The zero-order valence-electron chi connectivity index (χ0n) is 8.69. The van der Waals surface area contributed by atoms with Gasteiger partial charge < -0.3 is 0 Å². The van der Waals surface area contributed by atoms with Crippen LogP contribution >= 0.6 is 11.8 Å². The molecule has 0 spiro atoms. The molecule has 0 N–H and O–H groups in total. The summed E-state index contributed by atoms with van der Waals surface area (Å²) in [6.07, 6.45) is -3.84. The van der Waals surface area contributed by atoms with Crippen molar-refractivity contribution in [3.8, 4) is 0 Å². The monoisotopic (exact) mass is 234 g/mol. The lowest BCUT2D eigenvalue weighted by atomic mass is 10.1. The first-order valence-electron chi connectivity index (χ1n) is 4.82. The minimum absolute atomic E-state index is 0.337. The maximum absolute atomic E-state index is 12.8. The van der Waals surface area contributed by atoms with Crippen molar-refractivity contribution in [2.24, 2.45) is 0 Å². The summed E-state index contributed by atoms with van der Waals surface area (Å²) in [7, 11) is 0. The molecule has 0 bridgehead atoms. The van der Waals surface area contributed by atoms with E-state index in [1.807, 2.05) is 6.92 Å². The number of hydrogen-bond acceptors (Lipinski definition) is 1. The molecule has 84 valence electrons. The highest BCUT2D eigenvalue weighted by atomic mass is 32.2. The summed E-state index contributed by atoms with van der Waals surface area (Å²) in [5.41, 5.74) is -0.0831. The van der Waals surface area contributed by atoms with Gasteiger partial charge in [-0.15, -0.1) is 11.8 Å². The van der Waals surface area contributed by atoms with Gasteiger partial charge in [0.25, 0.3) is 0 Å². The van der Waals surface area contributed by atoms with Crippen LogP contribution in [0.1, 0.15) is 25.0 Å². The van der Waals surface area contributed by atoms with Crippen molar-refractivity contribution >= 4 is 11.8 Å². The molecule has 0 aliphatic heterocycles. The van der Waals surface area contributed by atoms with Gasteiger partial charge in [-0.3, -0.25) is 0 Å². The molecule has 0 aromatic heterocycles. The molecule has 0 radical (unpaired) electrons. The van der Waals surface area contributed by atoms with Crippen molar-refractivity contribution in [3.63, 3.8) is 0 Å². The van der Waals surface area contributed by atoms with Gasteiger partial charge in [0.15, 0.2) is 0 Å². The van der Waals surface area contributed by atoms with Gasteiger partial charge in [0.2, 0.25) is 0 Å². The van der Waals surface area contributed by atoms with Gasteiger partial charge in [-0.05, 0) is 23.8 Å². The van der Waals surface area contributed by atoms with E-state index in [2.05, 4.69) is 0 Å². The molecular weight excluding hydrogens is 221 g/mol. The Hall–Kier alpha value is -0.640. The molecule has 1 rings (SSSR count). The van der Waals surface area contributed by atoms with E-state index in [1.165, 1.54) is 17.8 Å². The molecule has 0 aliphatic carbocycles. The fourth-order valence-corrected chi connectivity index (χ4v) is 2.35. The van der Waals surface area contributed by atoms with Crippen LogP contribution in [0.3, 0.4) is 0 Å². The average molecular weight is 234 g/mol. The van der Waals surface area contributed by atoms with E-state index < -0.39 is 11.7 Å². The molecule has 0 amide bonds. The van der Waals surface area contributed by atoms with Gasteiger partial charge in [0.05, 0.1) is 5.56 Å². The quantitative estimate of drug-likeness (QED) is 0.699. The molecule has 0 saturated heterocycles. The standard InChI is InChI=1S/C11H13F3S/c1-3-8-6-5-7-9(15-4-2)10(8)11(12,13)14/h5-7H,3-4H2,1-2H3. The predicted octanol–water partition coefficient (Wildman–Crippen LogP) is 4.38. The van der Waals surface area contributed by atoms with Crippen molar-refractivity contribution in [1.29, 1.82) is 0 Å². The number of alkyl halides is 3. The molecule has 0 saturated carbocycles. The summed E-state index contributed by atoms with van der Waals surface area (Å²) in [5, 5.41) is 0. The van der Waals surface area contributed by atoms with Gasteiger partial charge in [0, 0.05) is 4.90 Å². The van der Waals surface area contributed by atoms with E-state index in [0.717, 1.165) is 0 Å². The smallest absolute Gasteiger partial charge is 0.166 e. The molecule has 0 aliphatic rings. The summed E-state index contributed by atoms with van der Waals surface area (Å²) in [6, 6.07) is 4.77. The predicted molar refractivity (Wildman–Crippen MR) is 57.2 cm³/mol. The molecule has 0 nitrogen and oxygen atoms in total. The van der Waals surface area contributed by atoms with Gasteiger partial charge in [0.1, 0.15) is 0 Å². The lowest BCUT2D eigenvalue weighted by molar-refractivity contribution is -0.140. The van der Waals surface area contributed by atoms with Crippen molar-refractivity contribution in [2.45, 2.75) is 31.3 Å². The van der Waals surface area contributed by atoms with Gasteiger partial charge in [-0.25, -0.2) is 0 Å². The second-order valence-corrected chi connectivity index (χ2v) is 4.38. The van der Waals surface area contributed by atoms with Gasteiger partial charge in [-0.2, -0.15) is 13.2 Å². The largest absolute Gasteiger partial charge is 0.417 e. The Labute approximate surface area is 91.9 Å². The Kier molecular flexibility index (Phi) is 4.08. The molecule has 0 unspecified atom stereocenters. The highest BCUT2D eigenvalue weighted by molar-refractivity contribution is 7.99. The Morgan fingerprint density at radius 3 is 2.33 bits per heavy atom. The van der Waals surface area contributed by atoms with Crippen LogP contribution in [0.4, 0.5) is 13.2 Å². The lowest BCUT2D eigenvalue weighted by Gasteiger charge is -2.15. The highest BCUT2D eigenvalue weighted by Gasteiger charge is 2.35. The molecule has 0 atom stereocenters. The second kappa shape index (κ2) is 4.92. The molecule has 0 heterocycles. The summed E-state index contributed by atoms with van der Waals surface area (Å²) in [5.74, 6) is 0.649. The van der Waals surface area contributed by atoms with Crippen molar-refractivity contribution < 1.29 is 13.2 Å². The Morgan fingerprint density at radius 1 is 1.20 bits per heavy atom. The van der Waals surface area contributed by atoms with E-state index in [9.17, 15) is 13.2 Å². The average Bonchev–Trinajstić information content (AvgIpc) is 2.16. The first-order chi connectivity index (χ1) is 7.00. The molecular formula is C11H13F3S. The Balaban J connectivity index is 3.27. The van der Waals surface area contributed by atoms with E-state index in [0.29, 0.717) is 22.6 Å².